The van der Waals surface area contributed by atoms with Crippen molar-refractivity contribution in [2.24, 2.45) is 5.41 Å². The highest BCUT2D eigenvalue weighted by atomic mass is 16.5. The molecule has 0 spiro atoms. The predicted molar refractivity (Wildman–Crippen MR) is 51.6 cm³/mol. The van der Waals surface area contributed by atoms with Crippen LogP contribution in [0.25, 0.3) is 0 Å². The lowest BCUT2D eigenvalue weighted by Gasteiger charge is -2.43. The second kappa shape index (κ2) is 3.87. The van der Waals surface area contributed by atoms with E-state index >= 15 is 0 Å². The molecule has 79 valence electrons. The lowest BCUT2D eigenvalue weighted by molar-refractivity contribution is -0.150. The van der Waals surface area contributed by atoms with Crippen molar-refractivity contribution in [2.45, 2.75) is 19.3 Å². The zero-order valence-electron chi connectivity index (χ0n) is 8.42. The minimum Gasteiger partial charge on any atom is -0.378 e. The Labute approximate surface area is 84.4 Å². The van der Waals surface area contributed by atoms with Crippen molar-refractivity contribution in [3.63, 3.8) is 0 Å². The fourth-order valence-electron chi connectivity index (χ4n) is 2.17. The van der Waals surface area contributed by atoms with Crippen LogP contribution in [0.4, 0.5) is 0 Å². The normalized spacial score (nSPS) is 25.6. The molecule has 1 aliphatic carbocycles. The molecule has 0 bridgehead atoms. The third-order valence-corrected chi connectivity index (χ3v) is 3.40. The van der Waals surface area contributed by atoms with Crippen molar-refractivity contribution in [1.82, 2.24) is 10.6 Å². The number of nitrogens with one attached hydrogen (secondary N) is 1. The minimum absolute atomic E-state index is 0.196. The number of nitrogens with zero attached hydrogens (tertiary/aromatic N) is 1. The van der Waals surface area contributed by atoms with Crippen LogP contribution in [0.3, 0.4) is 0 Å². The van der Waals surface area contributed by atoms with Crippen LogP contribution in [0.15, 0.2) is 0 Å². The number of carbonyl (C=O) groups is 1. The first-order valence-electron chi connectivity index (χ1n) is 5.30. The van der Waals surface area contributed by atoms with E-state index in [1.54, 1.807) is 0 Å². The number of ether oxygens (including phenoxy) is 1. The molecule has 1 heterocycles. The highest BCUT2D eigenvalue weighted by Gasteiger charge is 2.45. The summed E-state index contributed by atoms with van der Waals surface area (Å²) in [6.07, 6.45) is 2.92. The van der Waals surface area contributed by atoms with Crippen LogP contribution in [-0.4, -0.2) is 43.7 Å². The van der Waals surface area contributed by atoms with Gasteiger partial charge in [-0.25, -0.2) is 0 Å². The monoisotopic (exact) mass is 197 g/mol. The van der Waals surface area contributed by atoms with Gasteiger partial charge >= 0.3 is 0 Å². The molecule has 4 nitrogen and oxygen atoms in total. The Kier molecular flexibility index (Phi) is 2.74. The van der Waals surface area contributed by atoms with Crippen molar-refractivity contribution >= 4 is 5.91 Å². The summed E-state index contributed by atoms with van der Waals surface area (Å²) in [6.45, 7) is 2.98. The van der Waals surface area contributed by atoms with Gasteiger partial charge in [-0.15, -0.1) is 0 Å². The minimum atomic E-state index is -0.322. The molecule has 0 atom stereocenters. The number of morpholine rings is 1. The Bertz CT molecular complexity index is 215. The average molecular weight is 197 g/mol. The highest BCUT2D eigenvalue weighted by Crippen LogP contribution is 2.41. The summed E-state index contributed by atoms with van der Waals surface area (Å²) in [4.78, 5) is 14.0. The van der Waals surface area contributed by atoms with Crippen molar-refractivity contribution in [2.75, 3.05) is 32.8 Å². The van der Waals surface area contributed by atoms with Crippen molar-refractivity contribution in [3.05, 3.63) is 0 Å². The van der Waals surface area contributed by atoms with Gasteiger partial charge in [-0.1, -0.05) is 6.42 Å². The summed E-state index contributed by atoms with van der Waals surface area (Å²) in [7, 11) is 0. The second-order valence-electron chi connectivity index (χ2n) is 4.22. The van der Waals surface area contributed by atoms with E-state index in [0.29, 0.717) is 26.3 Å². The summed E-state index contributed by atoms with van der Waals surface area (Å²) in [5, 5.41) is 0. The Morgan fingerprint density at radius 1 is 1.36 bits per heavy atom. The molecule has 0 aromatic heterocycles. The van der Waals surface area contributed by atoms with E-state index in [-0.39, 0.29) is 17.9 Å². The average Bonchev–Trinajstić information content (AvgIpc) is 2.18. The van der Waals surface area contributed by atoms with Crippen LogP contribution in [0, 0.1) is 5.41 Å². The molecule has 2 aliphatic rings. The fraction of sp³-hybridized carbons (Fsp3) is 0.900. The summed E-state index contributed by atoms with van der Waals surface area (Å²) < 4.78 is 5.21. The smallest absolute Gasteiger partial charge is 0.230 e. The molecular weight excluding hydrogens is 180 g/mol. The molecule has 2 fully saturated rings. The number of rotatable bonds is 2. The van der Waals surface area contributed by atoms with Crippen LogP contribution < -0.4 is 5.73 Å². The Hall–Kier alpha value is -0.610. The van der Waals surface area contributed by atoms with Gasteiger partial charge in [0.15, 0.2) is 0 Å². The largest absolute Gasteiger partial charge is 0.378 e. The molecule has 14 heavy (non-hydrogen) atoms. The van der Waals surface area contributed by atoms with E-state index in [4.69, 9.17) is 10.5 Å². The lowest BCUT2D eigenvalue weighted by atomic mass is 9.68. The Morgan fingerprint density at radius 3 is 2.43 bits per heavy atom. The van der Waals surface area contributed by atoms with E-state index in [1.807, 2.05) is 4.90 Å². The van der Waals surface area contributed by atoms with Crippen molar-refractivity contribution in [3.8, 4) is 0 Å². The Balaban J connectivity index is 1.98. The predicted octanol–water partition coefficient (Wildman–Crippen LogP) is 0.298. The summed E-state index contributed by atoms with van der Waals surface area (Å²) in [5.41, 5.74) is 7.16. The number of hydrogen-bond donors (Lipinski definition) is 0. The van der Waals surface area contributed by atoms with Crippen LogP contribution in [0.5, 0.6) is 0 Å². The van der Waals surface area contributed by atoms with Crippen molar-refractivity contribution in [1.29, 1.82) is 0 Å². The molecule has 4 heteroatoms. The van der Waals surface area contributed by atoms with Gasteiger partial charge in [-0.3, -0.25) is 10.5 Å². The van der Waals surface area contributed by atoms with Crippen LogP contribution >= 0.6 is 0 Å². The molecular formula is C10H17N2O2. The standard InChI is InChI=1S/C10H17N2O2/c11-8-10(2-1-3-10)9(13)12-4-6-14-7-5-12/h11H,1-8H2. The van der Waals surface area contributed by atoms with Crippen molar-refractivity contribution < 1.29 is 9.53 Å². The molecule has 1 radical (unpaired) electrons. The first-order valence-corrected chi connectivity index (χ1v) is 5.30. The maximum Gasteiger partial charge on any atom is 0.230 e. The van der Waals surface area contributed by atoms with Gasteiger partial charge in [0, 0.05) is 19.6 Å². The molecule has 2 rings (SSSR count). The van der Waals surface area contributed by atoms with E-state index in [0.717, 1.165) is 19.3 Å². The molecule has 1 amide bonds. The maximum atomic E-state index is 12.1. The number of amides is 1. The zero-order chi connectivity index (χ0) is 10.0. The Morgan fingerprint density at radius 2 is 2.00 bits per heavy atom. The van der Waals surface area contributed by atoms with Gasteiger partial charge in [-0.2, -0.15) is 0 Å². The van der Waals surface area contributed by atoms with E-state index < -0.39 is 0 Å². The van der Waals surface area contributed by atoms with Gasteiger partial charge in [0.05, 0.1) is 18.6 Å². The molecule has 0 aromatic rings. The van der Waals surface area contributed by atoms with Crippen LogP contribution in [0.2, 0.25) is 0 Å². The van der Waals surface area contributed by atoms with E-state index in [2.05, 4.69) is 0 Å². The number of hydrogen-bond acceptors (Lipinski definition) is 2. The lowest BCUT2D eigenvalue weighted by Crippen LogP contribution is -2.53. The summed E-state index contributed by atoms with van der Waals surface area (Å²) in [6, 6.07) is 0. The van der Waals surface area contributed by atoms with Gasteiger partial charge < -0.3 is 9.64 Å². The van der Waals surface area contributed by atoms with E-state index in [1.165, 1.54) is 0 Å². The number of carbonyl (C=O) groups excluding carboxylic acids is 1. The highest BCUT2D eigenvalue weighted by molar-refractivity contribution is 5.84. The molecule has 1 saturated carbocycles. The summed E-state index contributed by atoms with van der Waals surface area (Å²) in [5.74, 6) is 0.196. The zero-order valence-corrected chi connectivity index (χ0v) is 8.42. The fourth-order valence-corrected chi connectivity index (χ4v) is 2.17. The topological polar surface area (TPSA) is 53.3 Å². The molecule has 0 unspecified atom stereocenters. The van der Waals surface area contributed by atoms with Gasteiger partial charge in [0.2, 0.25) is 5.91 Å². The first kappa shape index (κ1) is 9.93. The van der Waals surface area contributed by atoms with E-state index in [9.17, 15) is 4.79 Å². The molecule has 1 saturated heterocycles. The SMILES string of the molecule is [NH]CC1(C(=O)N2CCOCC2)CCC1. The van der Waals surface area contributed by atoms with Gasteiger partial charge in [0.25, 0.3) is 0 Å². The van der Waals surface area contributed by atoms with Crippen LogP contribution in [0.1, 0.15) is 19.3 Å². The summed E-state index contributed by atoms with van der Waals surface area (Å²) >= 11 is 0. The quantitative estimate of drug-likeness (QED) is 0.639. The third-order valence-electron chi connectivity index (χ3n) is 3.40. The van der Waals surface area contributed by atoms with Crippen LogP contribution in [-0.2, 0) is 9.53 Å². The molecule has 1 N–H and O–H groups in total. The second-order valence-corrected chi connectivity index (χ2v) is 4.22. The molecule has 1 aliphatic heterocycles. The first-order chi connectivity index (χ1) is 6.78. The molecule has 0 aromatic carbocycles. The maximum absolute atomic E-state index is 12.1. The van der Waals surface area contributed by atoms with Gasteiger partial charge in [0.1, 0.15) is 0 Å². The third kappa shape index (κ3) is 1.53. The van der Waals surface area contributed by atoms with Gasteiger partial charge in [-0.05, 0) is 12.8 Å².